The Hall–Kier alpha value is -3.13. The molecule has 162 valence electrons. The molecule has 0 atom stereocenters. The monoisotopic (exact) mass is 447 g/mol. The van der Waals surface area contributed by atoms with Gasteiger partial charge in [0.15, 0.2) is 6.61 Å². The number of alkyl halides is 3. The molecule has 3 rings (SSSR count). The van der Waals surface area contributed by atoms with Crippen LogP contribution >= 0.6 is 11.3 Å². The molecule has 0 saturated heterocycles. The van der Waals surface area contributed by atoms with Crippen LogP contribution in [0.3, 0.4) is 0 Å². The highest BCUT2D eigenvalue weighted by atomic mass is 32.1. The highest BCUT2D eigenvalue weighted by Gasteiger charge is 2.29. The van der Waals surface area contributed by atoms with Gasteiger partial charge in [-0.3, -0.25) is 4.79 Å². The lowest BCUT2D eigenvalue weighted by atomic mass is 10.1. The van der Waals surface area contributed by atoms with Crippen LogP contribution in [-0.2, 0) is 17.6 Å². The number of rotatable bonds is 8. The standard InChI is InChI=1S/C23H20F3NO3S/c1-15-3-12-22(31-15)21(28)14-29-20-10-6-18(7-11-20)16(2)27-30-13-17-4-8-19(9-5-17)23(24,25)26/h3-12H,13-14H2,1-2H3. The maximum atomic E-state index is 12.6. The smallest absolute Gasteiger partial charge is 0.416 e. The van der Waals surface area contributed by atoms with Crippen molar-refractivity contribution in [3.05, 3.63) is 87.1 Å². The van der Waals surface area contributed by atoms with Crippen molar-refractivity contribution in [2.75, 3.05) is 6.61 Å². The van der Waals surface area contributed by atoms with Gasteiger partial charge in [-0.15, -0.1) is 11.3 Å². The lowest BCUT2D eigenvalue weighted by Crippen LogP contribution is -2.10. The molecule has 0 aliphatic rings. The minimum atomic E-state index is -4.36. The predicted molar refractivity (Wildman–Crippen MR) is 114 cm³/mol. The summed E-state index contributed by atoms with van der Waals surface area (Å²) in [6.07, 6.45) is -4.36. The Morgan fingerprint density at radius 1 is 1.00 bits per heavy atom. The molecule has 0 fully saturated rings. The maximum absolute atomic E-state index is 12.6. The topological polar surface area (TPSA) is 47.9 Å². The van der Waals surface area contributed by atoms with Crippen LogP contribution < -0.4 is 4.74 Å². The molecular weight excluding hydrogens is 427 g/mol. The third-order valence-corrected chi connectivity index (χ3v) is 5.41. The number of thiophene rings is 1. The molecule has 0 radical (unpaired) electrons. The van der Waals surface area contributed by atoms with Crippen LogP contribution in [0.4, 0.5) is 13.2 Å². The van der Waals surface area contributed by atoms with E-state index in [0.717, 1.165) is 22.6 Å². The average molecular weight is 447 g/mol. The van der Waals surface area contributed by atoms with E-state index in [-0.39, 0.29) is 19.0 Å². The zero-order valence-electron chi connectivity index (χ0n) is 16.9. The molecule has 0 unspecified atom stereocenters. The van der Waals surface area contributed by atoms with E-state index in [1.807, 2.05) is 13.0 Å². The van der Waals surface area contributed by atoms with Gasteiger partial charge in [-0.05, 0) is 73.5 Å². The number of Topliss-reactive ketones (excluding diaryl/α,β-unsaturated/α-hetero) is 1. The minimum Gasteiger partial charge on any atom is -0.485 e. The molecule has 3 aromatic rings. The van der Waals surface area contributed by atoms with E-state index in [4.69, 9.17) is 9.57 Å². The molecule has 8 heteroatoms. The fourth-order valence-electron chi connectivity index (χ4n) is 2.64. The molecule has 4 nitrogen and oxygen atoms in total. The summed E-state index contributed by atoms with van der Waals surface area (Å²) in [7, 11) is 0. The van der Waals surface area contributed by atoms with Crippen LogP contribution in [0.2, 0.25) is 0 Å². The second-order valence-corrected chi connectivity index (χ2v) is 8.08. The summed E-state index contributed by atoms with van der Waals surface area (Å²) in [6, 6.07) is 15.5. The van der Waals surface area contributed by atoms with Crippen LogP contribution in [0.25, 0.3) is 0 Å². The molecule has 0 saturated carbocycles. The molecule has 0 amide bonds. The van der Waals surface area contributed by atoms with Gasteiger partial charge in [0.2, 0.25) is 5.78 Å². The SMILES string of the molecule is CC(=NOCc1ccc(C(F)(F)F)cc1)c1ccc(OCC(=O)c2ccc(C)s2)cc1. The molecule has 0 spiro atoms. The maximum Gasteiger partial charge on any atom is 0.416 e. The highest BCUT2D eigenvalue weighted by Crippen LogP contribution is 2.29. The molecule has 0 bridgehead atoms. The number of ketones is 1. The second kappa shape index (κ2) is 9.78. The van der Waals surface area contributed by atoms with Gasteiger partial charge in [0.05, 0.1) is 16.2 Å². The fraction of sp³-hybridized carbons (Fsp3) is 0.217. The van der Waals surface area contributed by atoms with Gasteiger partial charge < -0.3 is 9.57 Å². The average Bonchev–Trinajstić information content (AvgIpc) is 3.18. The van der Waals surface area contributed by atoms with Gasteiger partial charge >= 0.3 is 6.18 Å². The van der Waals surface area contributed by atoms with Crippen molar-refractivity contribution in [1.29, 1.82) is 0 Å². The summed E-state index contributed by atoms with van der Waals surface area (Å²) in [5.74, 6) is 0.487. The number of ether oxygens (including phenoxy) is 1. The summed E-state index contributed by atoms with van der Waals surface area (Å²) in [6.45, 7) is 3.72. The van der Waals surface area contributed by atoms with Crippen molar-refractivity contribution in [3.8, 4) is 5.75 Å². The van der Waals surface area contributed by atoms with Gasteiger partial charge in [0, 0.05) is 4.88 Å². The predicted octanol–water partition coefficient (Wildman–Crippen LogP) is 6.28. The van der Waals surface area contributed by atoms with Crippen LogP contribution in [0.1, 0.15) is 38.2 Å². The van der Waals surface area contributed by atoms with E-state index in [1.165, 1.54) is 23.5 Å². The van der Waals surface area contributed by atoms with Crippen LogP contribution in [0.5, 0.6) is 5.75 Å². The molecule has 31 heavy (non-hydrogen) atoms. The van der Waals surface area contributed by atoms with Crippen molar-refractivity contribution in [2.45, 2.75) is 26.6 Å². The Labute approximate surface area is 181 Å². The van der Waals surface area contributed by atoms with E-state index < -0.39 is 11.7 Å². The Morgan fingerprint density at radius 3 is 2.26 bits per heavy atom. The first kappa shape index (κ1) is 22.6. The molecule has 1 heterocycles. The van der Waals surface area contributed by atoms with E-state index >= 15 is 0 Å². The van der Waals surface area contributed by atoms with Crippen molar-refractivity contribution in [2.24, 2.45) is 5.16 Å². The highest BCUT2D eigenvalue weighted by molar-refractivity contribution is 7.14. The van der Waals surface area contributed by atoms with Crippen LogP contribution in [-0.4, -0.2) is 18.1 Å². The van der Waals surface area contributed by atoms with Crippen LogP contribution in [0, 0.1) is 6.92 Å². The largest absolute Gasteiger partial charge is 0.485 e. The Kier molecular flexibility index (Phi) is 7.12. The summed E-state index contributed by atoms with van der Waals surface area (Å²) in [4.78, 5) is 19.1. The van der Waals surface area contributed by atoms with Crippen molar-refractivity contribution in [1.82, 2.24) is 0 Å². The summed E-state index contributed by atoms with van der Waals surface area (Å²) < 4.78 is 43.3. The Morgan fingerprint density at radius 2 is 1.68 bits per heavy atom. The number of carbonyl (C=O) groups is 1. The van der Waals surface area contributed by atoms with Crippen molar-refractivity contribution < 1.29 is 27.5 Å². The number of carbonyl (C=O) groups excluding carboxylic acids is 1. The second-order valence-electron chi connectivity index (χ2n) is 6.79. The first-order valence-corrected chi connectivity index (χ1v) is 10.2. The van der Waals surface area contributed by atoms with Crippen molar-refractivity contribution >= 4 is 22.8 Å². The number of hydrogen-bond donors (Lipinski definition) is 0. The molecule has 0 aliphatic carbocycles. The third-order valence-electron chi connectivity index (χ3n) is 4.37. The molecule has 2 aromatic carbocycles. The third kappa shape index (κ3) is 6.42. The number of hydrogen-bond acceptors (Lipinski definition) is 5. The van der Waals surface area contributed by atoms with Crippen molar-refractivity contribution in [3.63, 3.8) is 0 Å². The fourth-order valence-corrected chi connectivity index (χ4v) is 3.43. The Bertz CT molecular complexity index is 1050. The summed E-state index contributed by atoms with van der Waals surface area (Å²) >= 11 is 1.44. The van der Waals surface area contributed by atoms with Gasteiger partial charge in [0.25, 0.3) is 0 Å². The molecule has 0 aliphatic heterocycles. The summed E-state index contributed by atoms with van der Waals surface area (Å²) in [5.41, 5.74) is 1.27. The number of aryl methyl sites for hydroxylation is 1. The van der Waals surface area contributed by atoms with E-state index in [9.17, 15) is 18.0 Å². The number of halogens is 3. The van der Waals surface area contributed by atoms with Gasteiger partial charge in [-0.25, -0.2) is 0 Å². The minimum absolute atomic E-state index is 0.0391. The van der Waals surface area contributed by atoms with Gasteiger partial charge in [-0.1, -0.05) is 17.3 Å². The lowest BCUT2D eigenvalue weighted by molar-refractivity contribution is -0.137. The number of oxime groups is 1. The quantitative estimate of drug-likeness (QED) is 0.232. The normalized spacial score (nSPS) is 12.0. The Balaban J connectivity index is 1.50. The van der Waals surface area contributed by atoms with E-state index in [0.29, 0.717) is 21.9 Å². The summed E-state index contributed by atoms with van der Waals surface area (Å²) in [5, 5.41) is 4.01. The van der Waals surface area contributed by atoms with Gasteiger partial charge in [-0.2, -0.15) is 13.2 Å². The molecular formula is C23H20F3NO3S. The molecule has 0 N–H and O–H groups in total. The number of nitrogens with zero attached hydrogens (tertiary/aromatic N) is 1. The zero-order chi connectivity index (χ0) is 22.4. The molecule has 1 aromatic heterocycles. The first-order chi connectivity index (χ1) is 14.7. The van der Waals surface area contributed by atoms with E-state index in [1.54, 1.807) is 37.3 Å². The zero-order valence-corrected chi connectivity index (χ0v) is 17.7. The van der Waals surface area contributed by atoms with Gasteiger partial charge in [0.1, 0.15) is 12.4 Å². The lowest BCUT2D eigenvalue weighted by Gasteiger charge is -2.08. The first-order valence-electron chi connectivity index (χ1n) is 9.38. The van der Waals surface area contributed by atoms with Crippen LogP contribution in [0.15, 0.2) is 65.8 Å². The number of benzene rings is 2. The van der Waals surface area contributed by atoms with E-state index in [2.05, 4.69) is 5.16 Å².